The second kappa shape index (κ2) is 5.50. The van der Waals surface area contributed by atoms with Gasteiger partial charge in [0.1, 0.15) is 11.5 Å². The van der Waals surface area contributed by atoms with Crippen molar-refractivity contribution in [3.05, 3.63) is 66.1 Å². The first-order chi connectivity index (χ1) is 10.3. The van der Waals surface area contributed by atoms with Crippen LogP contribution in [-0.4, -0.2) is 17.2 Å². The van der Waals surface area contributed by atoms with Crippen LogP contribution in [0.2, 0.25) is 0 Å². The summed E-state index contributed by atoms with van der Waals surface area (Å²) in [5.74, 6) is -0.0158. The Hall–Kier alpha value is -3.08. The number of hydrogen-bond acceptors (Lipinski definition) is 4. The first-order valence-corrected chi connectivity index (χ1v) is 6.33. The Kier molecular flexibility index (Phi) is 3.39. The van der Waals surface area contributed by atoms with Gasteiger partial charge in [0.25, 0.3) is 5.91 Å². The van der Waals surface area contributed by atoms with Crippen molar-refractivity contribution in [3.63, 3.8) is 0 Å². The van der Waals surface area contributed by atoms with Crippen LogP contribution < -0.4 is 5.43 Å². The largest absolute Gasteiger partial charge is 0.506 e. The van der Waals surface area contributed by atoms with Gasteiger partial charge in [0, 0.05) is 5.39 Å². The molecule has 0 aliphatic rings. The van der Waals surface area contributed by atoms with Gasteiger partial charge in [-0.2, -0.15) is 5.10 Å². The van der Waals surface area contributed by atoms with Crippen molar-refractivity contribution in [1.29, 1.82) is 0 Å². The summed E-state index contributed by atoms with van der Waals surface area (Å²) in [7, 11) is 0. The van der Waals surface area contributed by atoms with E-state index in [9.17, 15) is 9.90 Å². The summed E-state index contributed by atoms with van der Waals surface area (Å²) in [5.41, 5.74) is 2.52. The third kappa shape index (κ3) is 2.62. The molecule has 0 saturated carbocycles. The van der Waals surface area contributed by atoms with E-state index in [1.807, 2.05) is 12.1 Å². The fraction of sp³-hybridized carbons (Fsp3) is 0. The van der Waals surface area contributed by atoms with E-state index < -0.39 is 5.91 Å². The van der Waals surface area contributed by atoms with Gasteiger partial charge in [0.2, 0.25) is 0 Å². The highest BCUT2D eigenvalue weighted by Crippen LogP contribution is 2.28. The number of nitrogens with one attached hydrogen (secondary N) is 1. The Bertz CT molecular complexity index is 808. The van der Waals surface area contributed by atoms with Crippen molar-refractivity contribution < 1.29 is 14.3 Å². The SMILES string of the molecule is O=C(NN=Cc1ccco1)c1ccc2ccccc2c1O. The number of phenols is 1. The van der Waals surface area contributed by atoms with E-state index in [1.165, 1.54) is 12.5 Å². The van der Waals surface area contributed by atoms with E-state index in [-0.39, 0.29) is 11.3 Å². The summed E-state index contributed by atoms with van der Waals surface area (Å²) in [6.07, 6.45) is 2.90. The van der Waals surface area contributed by atoms with Gasteiger partial charge in [-0.15, -0.1) is 0 Å². The van der Waals surface area contributed by atoms with Crippen molar-refractivity contribution in [2.75, 3.05) is 0 Å². The fourth-order valence-corrected chi connectivity index (χ4v) is 2.02. The fourth-order valence-electron chi connectivity index (χ4n) is 2.02. The predicted octanol–water partition coefficient (Wildman–Crippen LogP) is 2.90. The zero-order chi connectivity index (χ0) is 14.7. The number of phenolic OH excluding ortho intramolecular Hbond substituents is 1. The minimum Gasteiger partial charge on any atom is -0.506 e. The van der Waals surface area contributed by atoms with Gasteiger partial charge in [0.05, 0.1) is 18.0 Å². The summed E-state index contributed by atoms with van der Waals surface area (Å²) >= 11 is 0. The van der Waals surface area contributed by atoms with Crippen molar-refractivity contribution >= 4 is 22.9 Å². The lowest BCUT2D eigenvalue weighted by Gasteiger charge is -2.06. The lowest BCUT2D eigenvalue weighted by atomic mass is 10.1. The summed E-state index contributed by atoms with van der Waals surface area (Å²) in [6.45, 7) is 0. The Morgan fingerprint density at radius 3 is 2.81 bits per heavy atom. The Balaban J connectivity index is 1.83. The monoisotopic (exact) mass is 280 g/mol. The van der Waals surface area contributed by atoms with Gasteiger partial charge in [0.15, 0.2) is 0 Å². The highest BCUT2D eigenvalue weighted by Gasteiger charge is 2.12. The van der Waals surface area contributed by atoms with Crippen LogP contribution in [0.25, 0.3) is 10.8 Å². The van der Waals surface area contributed by atoms with Crippen LogP contribution in [0, 0.1) is 0 Å². The Morgan fingerprint density at radius 1 is 1.14 bits per heavy atom. The first kappa shape index (κ1) is 12.9. The molecule has 0 radical (unpaired) electrons. The summed E-state index contributed by atoms with van der Waals surface area (Å²) in [5, 5.41) is 15.4. The van der Waals surface area contributed by atoms with Crippen LogP contribution >= 0.6 is 0 Å². The number of rotatable bonds is 3. The molecule has 2 N–H and O–H groups in total. The number of benzene rings is 2. The average Bonchev–Trinajstić information content (AvgIpc) is 3.01. The molecule has 5 heteroatoms. The first-order valence-electron chi connectivity index (χ1n) is 6.33. The number of aromatic hydroxyl groups is 1. The van der Waals surface area contributed by atoms with Crippen molar-refractivity contribution in [2.45, 2.75) is 0 Å². The molecule has 0 atom stereocenters. The molecule has 1 amide bonds. The molecule has 21 heavy (non-hydrogen) atoms. The maximum Gasteiger partial charge on any atom is 0.275 e. The molecular formula is C16H12N2O3. The molecule has 0 aliphatic carbocycles. The van der Waals surface area contributed by atoms with Gasteiger partial charge in [-0.3, -0.25) is 4.79 Å². The maximum atomic E-state index is 12.0. The topological polar surface area (TPSA) is 74.8 Å². The zero-order valence-electron chi connectivity index (χ0n) is 11.0. The van der Waals surface area contributed by atoms with E-state index in [1.54, 1.807) is 36.4 Å². The predicted molar refractivity (Wildman–Crippen MR) is 79.4 cm³/mol. The molecule has 0 aliphatic heterocycles. The second-order valence-corrected chi connectivity index (χ2v) is 4.40. The zero-order valence-corrected chi connectivity index (χ0v) is 11.0. The minimum absolute atomic E-state index is 0.0567. The van der Waals surface area contributed by atoms with Gasteiger partial charge in [-0.05, 0) is 23.6 Å². The molecule has 0 bridgehead atoms. The third-order valence-corrected chi connectivity index (χ3v) is 3.05. The molecule has 1 aromatic heterocycles. The molecular weight excluding hydrogens is 268 g/mol. The number of fused-ring (bicyclic) bond motifs is 1. The van der Waals surface area contributed by atoms with E-state index in [4.69, 9.17) is 4.42 Å². The number of hydrogen-bond donors (Lipinski definition) is 2. The van der Waals surface area contributed by atoms with E-state index in [0.29, 0.717) is 11.1 Å². The Morgan fingerprint density at radius 2 is 2.00 bits per heavy atom. The van der Waals surface area contributed by atoms with Crippen LogP contribution in [0.3, 0.4) is 0 Å². The van der Waals surface area contributed by atoms with Gasteiger partial charge < -0.3 is 9.52 Å². The number of furan rings is 1. The molecule has 5 nitrogen and oxygen atoms in total. The lowest BCUT2D eigenvalue weighted by molar-refractivity contribution is 0.0952. The molecule has 3 rings (SSSR count). The maximum absolute atomic E-state index is 12.0. The van der Waals surface area contributed by atoms with E-state index >= 15 is 0 Å². The van der Waals surface area contributed by atoms with E-state index in [0.717, 1.165) is 5.39 Å². The smallest absolute Gasteiger partial charge is 0.275 e. The molecule has 1 heterocycles. The van der Waals surface area contributed by atoms with Gasteiger partial charge in [-0.25, -0.2) is 5.43 Å². The lowest BCUT2D eigenvalue weighted by Crippen LogP contribution is -2.17. The van der Waals surface area contributed by atoms with E-state index in [2.05, 4.69) is 10.5 Å². The normalized spacial score (nSPS) is 11.0. The number of carbonyl (C=O) groups excluding carboxylic acids is 1. The number of amides is 1. The van der Waals surface area contributed by atoms with Gasteiger partial charge >= 0.3 is 0 Å². The highest BCUT2D eigenvalue weighted by atomic mass is 16.3. The van der Waals surface area contributed by atoms with Crippen molar-refractivity contribution in [1.82, 2.24) is 5.43 Å². The minimum atomic E-state index is -0.485. The molecule has 0 spiro atoms. The quantitative estimate of drug-likeness (QED) is 0.572. The summed E-state index contributed by atoms with van der Waals surface area (Å²) < 4.78 is 5.05. The standard InChI is InChI=1S/C16H12N2O3/c19-15-13-6-2-1-4-11(13)7-8-14(15)16(20)18-17-10-12-5-3-9-21-12/h1-10,19H,(H,18,20). The Labute approximate surface area is 120 Å². The summed E-state index contributed by atoms with van der Waals surface area (Å²) in [6, 6.07) is 14.1. The van der Waals surface area contributed by atoms with Crippen molar-refractivity contribution in [3.8, 4) is 5.75 Å². The van der Waals surface area contributed by atoms with Gasteiger partial charge in [-0.1, -0.05) is 30.3 Å². The number of hydrazone groups is 1. The number of nitrogens with zero attached hydrogens (tertiary/aromatic N) is 1. The second-order valence-electron chi connectivity index (χ2n) is 4.40. The third-order valence-electron chi connectivity index (χ3n) is 3.05. The van der Waals surface area contributed by atoms with Crippen LogP contribution in [-0.2, 0) is 0 Å². The summed E-state index contributed by atoms with van der Waals surface area (Å²) in [4.78, 5) is 12.0. The van der Waals surface area contributed by atoms with Crippen LogP contribution in [0.15, 0.2) is 64.3 Å². The molecule has 104 valence electrons. The van der Waals surface area contributed by atoms with Crippen LogP contribution in [0.5, 0.6) is 5.75 Å². The molecule has 0 fully saturated rings. The highest BCUT2D eigenvalue weighted by molar-refractivity contribution is 6.03. The average molecular weight is 280 g/mol. The molecule has 2 aromatic carbocycles. The molecule has 0 unspecified atom stereocenters. The van der Waals surface area contributed by atoms with Crippen molar-refractivity contribution in [2.24, 2.45) is 5.10 Å². The number of carbonyl (C=O) groups is 1. The molecule has 0 saturated heterocycles. The van der Waals surface area contributed by atoms with Crippen LogP contribution in [0.1, 0.15) is 16.1 Å². The molecule has 3 aromatic rings. The van der Waals surface area contributed by atoms with Crippen LogP contribution in [0.4, 0.5) is 0 Å².